The van der Waals surface area contributed by atoms with Gasteiger partial charge < -0.3 is 20.7 Å². The van der Waals surface area contributed by atoms with Gasteiger partial charge in [-0.15, -0.1) is 0 Å². The van der Waals surface area contributed by atoms with Gasteiger partial charge in [0.25, 0.3) is 0 Å². The topological polar surface area (TPSA) is 67.6 Å². The van der Waals surface area contributed by atoms with Gasteiger partial charge in [-0.05, 0) is 25.5 Å². The smallest absolute Gasteiger partial charge is 0.249 e. The normalized spacial score (nSPS) is 21.7. The van der Waals surface area contributed by atoms with Crippen molar-refractivity contribution in [2.45, 2.75) is 31.6 Å². The molecule has 1 heterocycles. The summed E-state index contributed by atoms with van der Waals surface area (Å²) in [5.74, 6) is -0.0148. The monoisotopic (exact) mass is 291 g/mol. The largest absolute Gasteiger partial charge is 0.364 e. The Morgan fingerprint density at radius 1 is 1.38 bits per heavy atom. The van der Waals surface area contributed by atoms with E-state index in [4.69, 9.17) is 10.5 Å². The van der Waals surface area contributed by atoms with Crippen molar-refractivity contribution in [3.05, 3.63) is 35.9 Å². The molecule has 0 aromatic heterocycles. The van der Waals surface area contributed by atoms with Crippen LogP contribution in [0.15, 0.2) is 30.3 Å². The molecule has 2 rings (SSSR count). The van der Waals surface area contributed by atoms with Crippen LogP contribution in [0.3, 0.4) is 0 Å². The van der Waals surface area contributed by atoms with Crippen LogP contribution in [0.2, 0.25) is 0 Å². The molecule has 5 nitrogen and oxygen atoms in total. The predicted molar refractivity (Wildman–Crippen MR) is 82.7 cm³/mol. The minimum atomic E-state index is -0.321. The van der Waals surface area contributed by atoms with Gasteiger partial charge in [-0.1, -0.05) is 30.3 Å². The Labute approximate surface area is 126 Å². The van der Waals surface area contributed by atoms with Gasteiger partial charge in [0.1, 0.15) is 6.10 Å². The van der Waals surface area contributed by atoms with E-state index in [0.717, 1.165) is 25.9 Å². The molecule has 2 atom stereocenters. The third kappa shape index (κ3) is 5.12. The first-order valence-corrected chi connectivity index (χ1v) is 7.54. The van der Waals surface area contributed by atoms with Crippen molar-refractivity contribution in [3.8, 4) is 0 Å². The van der Waals surface area contributed by atoms with Crippen molar-refractivity contribution in [1.29, 1.82) is 0 Å². The summed E-state index contributed by atoms with van der Waals surface area (Å²) in [5, 5.41) is 2.94. The summed E-state index contributed by atoms with van der Waals surface area (Å²) in [6, 6.07) is 10.3. The van der Waals surface area contributed by atoms with E-state index >= 15 is 0 Å². The van der Waals surface area contributed by atoms with Gasteiger partial charge in [0.2, 0.25) is 5.91 Å². The summed E-state index contributed by atoms with van der Waals surface area (Å²) in [6.07, 6.45) is 1.37. The molecule has 1 aliphatic rings. The summed E-state index contributed by atoms with van der Waals surface area (Å²) < 4.78 is 5.57. The highest BCUT2D eigenvalue weighted by Crippen LogP contribution is 2.18. The van der Waals surface area contributed by atoms with Crippen molar-refractivity contribution < 1.29 is 9.53 Å². The number of benzene rings is 1. The van der Waals surface area contributed by atoms with Crippen LogP contribution in [0.25, 0.3) is 0 Å². The van der Waals surface area contributed by atoms with Crippen molar-refractivity contribution in [2.24, 2.45) is 5.73 Å². The SMILES string of the molecule is CN(CCNC(=O)[C@@H]1CC[C@H](CN)O1)Cc1ccccc1. The molecule has 0 radical (unpaired) electrons. The van der Waals surface area contributed by atoms with Gasteiger partial charge in [0.15, 0.2) is 0 Å². The number of nitrogens with one attached hydrogen (secondary N) is 1. The standard InChI is InChI=1S/C16H25N3O2/c1-19(12-13-5-3-2-4-6-13)10-9-18-16(20)15-8-7-14(11-17)21-15/h2-6,14-15H,7-12,17H2,1H3,(H,18,20)/t14-,15+/m1/s1. The van der Waals surface area contributed by atoms with E-state index in [0.29, 0.717) is 13.1 Å². The van der Waals surface area contributed by atoms with E-state index in [9.17, 15) is 4.79 Å². The molecule has 21 heavy (non-hydrogen) atoms. The average Bonchev–Trinajstić information content (AvgIpc) is 2.97. The Bertz CT molecular complexity index is 438. The number of likely N-dealkylation sites (N-methyl/N-ethyl adjacent to an activating group) is 1. The van der Waals surface area contributed by atoms with Crippen molar-refractivity contribution >= 4 is 5.91 Å². The Hall–Kier alpha value is -1.43. The molecule has 0 aliphatic carbocycles. The number of nitrogens with two attached hydrogens (primary N) is 1. The minimum Gasteiger partial charge on any atom is -0.364 e. The molecular formula is C16H25N3O2. The third-order valence-electron chi connectivity index (χ3n) is 3.75. The Morgan fingerprint density at radius 3 is 2.81 bits per heavy atom. The lowest BCUT2D eigenvalue weighted by Crippen LogP contribution is -2.39. The van der Waals surface area contributed by atoms with Crippen LogP contribution in [0.4, 0.5) is 0 Å². The zero-order valence-corrected chi connectivity index (χ0v) is 12.6. The molecule has 1 aliphatic heterocycles. The number of hydrogen-bond donors (Lipinski definition) is 2. The molecule has 1 fully saturated rings. The van der Waals surface area contributed by atoms with E-state index in [2.05, 4.69) is 29.4 Å². The molecule has 116 valence electrons. The molecule has 1 saturated heterocycles. The highest BCUT2D eigenvalue weighted by molar-refractivity contribution is 5.81. The van der Waals surface area contributed by atoms with Gasteiger partial charge in [-0.2, -0.15) is 0 Å². The maximum atomic E-state index is 12.0. The second kappa shape index (κ2) is 8.12. The first kappa shape index (κ1) is 15.9. The molecule has 1 amide bonds. The lowest BCUT2D eigenvalue weighted by molar-refractivity contribution is -0.131. The Kier molecular flexibility index (Phi) is 6.17. The number of hydrogen-bond acceptors (Lipinski definition) is 4. The zero-order valence-electron chi connectivity index (χ0n) is 12.6. The average molecular weight is 291 g/mol. The quantitative estimate of drug-likeness (QED) is 0.777. The fourth-order valence-corrected chi connectivity index (χ4v) is 2.53. The molecular weight excluding hydrogens is 266 g/mol. The van der Waals surface area contributed by atoms with E-state index in [1.807, 2.05) is 18.2 Å². The van der Waals surface area contributed by atoms with E-state index in [1.54, 1.807) is 0 Å². The molecule has 0 spiro atoms. The number of nitrogens with zero attached hydrogens (tertiary/aromatic N) is 1. The summed E-state index contributed by atoms with van der Waals surface area (Å²) in [5.41, 5.74) is 6.82. The van der Waals surface area contributed by atoms with Gasteiger partial charge in [0, 0.05) is 26.2 Å². The van der Waals surface area contributed by atoms with Crippen LogP contribution in [0.5, 0.6) is 0 Å². The van der Waals surface area contributed by atoms with E-state index in [1.165, 1.54) is 5.56 Å². The lowest BCUT2D eigenvalue weighted by Gasteiger charge is -2.18. The van der Waals surface area contributed by atoms with Crippen molar-refractivity contribution in [2.75, 3.05) is 26.7 Å². The summed E-state index contributed by atoms with van der Waals surface area (Å²) >= 11 is 0. The fourth-order valence-electron chi connectivity index (χ4n) is 2.53. The molecule has 3 N–H and O–H groups in total. The number of ether oxygens (including phenoxy) is 1. The van der Waals surface area contributed by atoms with Crippen LogP contribution < -0.4 is 11.1 Å². The lowest BCUT2D eigenvalue weighted by atomic mass is 10.2. The highest BCUT2D eigenvalue weighted by Gasteiger charge is 2.29. The van der Waals surface area contributed by atoms with Crippen LogP contribution >= 0.6 is 0 Å². The van der Waals surface area contributed by atoms with Gasteiger partial charge in [-0.25, -0.2) is 0 Å². The number of carbonyl (C=O) groups excluding carboxylic acids is 1. The van der Waals surface area contributed by atoms with Gasteiger partial charge in [0.05, 0.1) is 6.10 Å². The second-order valence-corrected chi connectivity index (χ2v) is 5.57. The molecule has 1 aromatic carbocycles. The highest BCUT2D eigenvalue weighted by atomic mass is 16.5. The minimum absolute atomic E-state index is 0.0148. The molecule has 0 saturated carbocycles. The maximum Gasteiger partial charge on any atom is 0.249 e. The molecule has 1 aromatic rings. The van der Waals surface area contributed by atoms with E-state index in [-0.39, 0.29) is 18.1 Å². The fraction of sp³-hybridized carbons (Fsp3) is 0.562. The summed E-state index contributed by atoms with van der Waals surface area (Å²) in [7, 11) is 2.05. The first-order chi connectivity index (χ1) is 10.2. The summed E-state index contributed by atoms with van der Waals surface area (Å²) in [6.45, 7) is 2.82. The molecule has 0 bridgehead atoms. The Balaban J connectivity index is 1.64. The second-order valence-electron chi connectivity index (χ2n) is 5.57. The Morgan fingerprint density at radius 2 is 2.14 bits per heavy atom. The predicted octanol–water partition coefficient (Wildman–Crippen LogP) is 0.741. The number of amides is 1. The van der Waals surface area contributed by atoms with Crippen LogP contribution in [0, 0.1) is 0 Å². The van der Waals surface area contributed by atoms with Crippen LogP contribution in [-0.2, 0) is 16.1 Å². The van der Waals surface area contributed by atoms with Crippen LogP contribution in [-0.4, -0.2) is 49.7 Å². The maximum absolute atomic E-state index is 12.0. The van der Waals surface area contributed by atoms with Crippen molar-refractivity contribution in [1.82, 2.24) is 10.2 Å². The molecule has 5 heteroatoms. The van der Waals surface area contributed by atoms with E-state index < -0.39 is 0 Å². The number of rotatable bonds is 7. The third-order valence-corrected chi connectivity index (χ3v) is 3.75. The van der Waals surface area contributed by atoms with Gasteiger partial charge >= 0.3 is 0 Å². The first-order valence-electron chi connectivity index (χ1n) is 7.54. The zero-order chi connectivity index (χ0) is 15.1. The van der Waals surface area contributed by atoms with Crippen molar-refractivity contribution in [3.63, 3.8) is 0 Å². The van der Waals surface area contributed by atoms with Crippen LogP contribution in [0.1, 0.15) is 18.4 Å². The number of carbonyl (C=O) groups is 1. The molecule has 0 unspecified atom stereocenters. The summed E-state index contributed by atoms with van der Waals surface area (Å²) in [4.78, 5) is 14.1. The van der Waals surface area contributed by atoms with Gasteiger partial charge in [-0.3, -0.25) is 4.79 Å².